The number of benzene rings is 1. The van der Waals surface area contributed by atoms with Crippen LogP contribution in [0.5, 0.6) is 5.75 Å². The number of thiazole rings is 1. The minimum atomic E-state index is -1.24. The molecular weight excluding hydrogens is 309 g/mol. The Morgan fingerprint density at radius 2 is 2.18 bits per heavy atom. The molecule has 0 amide bonds. The van der Waals surface area contributed by atoms with E-state index in [-0.39, 0.29) is 35.3 Å². The Morgan fingerprint density at radius 3 is 2.82 bits per heavy atom. The van der Waals surface area contributed by atoms with Crippen molar-refractivity contribution in [3.63, 3.8) is 0 Å². The number of carboxylic acids is 1. The number of carbonyl (C=O) groups excluding carboxylic acids is 1. The van der Waals surface area contributed by atoms with E-state index in [1.807, 2.05) is 19.1 Å². The van der Waals surface area contributed by atoms with Crippen LogP contribution in [0.3, 0.4) is 0 Å². The van der Waals surface area contributed by atoms with Gasteiger partial charge in [-0.25, -0.2) is 4.98 Å². The summed E-state index contributed by atoms with van der Waals surface area (Å²) in [6.07, 6.45) is 2.67. The molecule has 0 radical (unpaired) electrons. The Bertz CT molecular complexity index is 628. The van der Waals surface area contributed by atoms with E-state index in [4.69, 9.17) is 4.74 Å². The molecule has 0 fully saturated rings. The molecule has 112 valence electrons. The second-order valence-corrected chi connectivity index (χ2v) is 5.85. The number of hydrogen-bond acceptors (Lipinski definition) is 5. The summed E-state index contributed by atoms with van der Waals surface area (Å²) in [6.45, 7) is 4.83. The Morgan fingerprint density at radius 1 is 1.41 bits per heavy atom. The molecule has 0 unspecified atom stereocenters. The zero-order chi connectivity index (χ0) is 15.2. The van der Waals surface area contributed by atoms with Crippen LogP contribution in [0.15, 0.2) is 23.6 Å². The van der Waals surface area contributed by atoms with Gasteiger partial charge in [-0.1, -0.05) is 31.0 Å². The van der Waals surface area contributed by atoms with E-state index in [2.05, 4.69) is 18.0 Å². The normalized spacial score (nSPS) is 10.1. The van der Waals surface area contributed by atoms with Gasteiger partial charge in [0.25, 0.3) is 0 Å². The van der Waals surface area contributed by atoms with Gasteiger partial charge in [0.15, 0.2) is 0 Å². The third-order valence-electron chi connectivity index (χ3n) is 3.07. The first-order valence-electron chi connectivity index (χ1n) is 6.98. The van der Waals surface area contributed by atoms with Crippen LogP contribution in [0.4, 0.5) is 0 Å². The van der Waals surface area contributed by atoms with E-state index in [1.165, 1.54) is 16.7 Å². The molecule has 6 heteroatoms. The van der Waals surface area contributed by atoms with Gasteiger partial charge < -0.3 is 14.6 Å². The van der Waals surface area contributed by atoms with Crippen molar-refractivity contribution >= 4 is 17.3 Å². The van der Waals surface area contributed by atoms with E-state index in [0.717, 1.165) is 34.7 Å². The average molecular weight is 327 g/mol. The summed E-state index contributed by atoms with van der Waals surface area (Å²) in [5, 5.41) is 13.0. The monoisotopic (exact) mass is 327 g/mol. The number of unbranched alkanes of at least 4 members (excludes halogenated alkanes) is 1. The molecule has 0 bridgehead atoms. The number of hydrogen-bond donors (Lipinski definition) is 0. The van der Waals surface area contributed by atoms with Gasteiger partial charge in [0, 0.05) is 17.4 Å². The molecule has 0 N–H and O–H groups in total. The van der Waals surface area contributed by atoms with Gasteiger partial charge in [-0.05, 0) is 19.4 Å². The molecule has 0 aliphatic rings. The fourth-order valence-electron chi connectivity index (χ4n) is 1.96. The number of carboxylic acid groups (broad SMARTS) is 1. The summed E-state index contributed by atoms with van der Waals surface area (Å²) >= 11 is 1.33. The van der Waals surface area contributed by atoms with Crippen molar-refractivity contribution in [3.05, 3.63) is 45.4 Å². The second-order valence-electron chi connectivity index (χ2n) is 4.90. The first-order chi connectivity index (χ1) is 10.1. The maximum Gasteiger partial charge on any atom is 1.00 e. The van der Waals surface area contributed by atoms with Crippen molar-refractivity contribution in [2.45, 2.75) is 33.1 Å². The second kappa shape index (κ2) is 9.30. The summed E-state index contributed by atoms with van der Waals surface area (Å²) in [6, 6.07) is 6.04. The number of aryl methyl sites for hydroxylation is 1. The fraction of sp³-hybridized carbons (Fsp3) is 0.375. The van der Waals surface area contributed by atoms with Crippen molar-refractivity contribution in [1.29, 1.82) is 0 Å². The van der Waals surface area contributed by atoms with Crippen molar-refractivity contribution in [1.82, 2.24) is 4.98 Å². The topological polar surface area (TPSA) is 62.2 Å². The smallest absolute Gasteiger partial charge is 0.543 e. The summed E-state index contributed by atoms with van der Waals surface area (Å²) in [7, 11) is 0. The molecule has 0 aliphatic carbocycles. The average Bonchev–Trinajstić information content (AvgIpc) is 2.90. The van der Waals surface area contributed by atoms with E-state index < -0.39 is 5.97 Å². The molecule has 0 aliphatic heterocycles. The third kappa shape index (κ3) is 5.39. The first-order valence-corrected chi connectivity index (χ1v) is 7.86. The Balaban J connectivity index is 0.00000242. The molecule has 0 atom stereocenters. The maximum atomic E-state index is 10.8. The molecule has 1 aromatic heterocycles. The molecule has 0 saturated heterocycles. The molecular formula is C16H18NNaO3S. The van der Waals surface area contributed by atoms with Gasteiger partial charge in [-0.15, -0.1) is 11.3 Å². The van der Waals surface area contributed by atoms with Gasteiger partial charge >= 0.3 is 29.6 Å². The van der Waals surface area contributed by atoms with Gasteiger partial charge in [0.1, 0.15) is 5.75 Å². The Kier molecular flexibility index (Phi) is 8.10. The molecule has 4 nitrogen and oxygen atoms in total. The van der Waals surface area contributed by atoms with E-state index in [0.29, 0.717) is 13.0 Å². The Labute approximate surface area is 156 Å². The summed E-state index contributed by atoms with van der Waals surface area (Å²) < 4.78 is 5.81. The van der Waals surface area contributed by atoms with Crippen molar-refractivity contribution < 1.29 is 44.2 Å². The van der Waals surface area contributed by atoms with Crippen LogP contribution in [-0.4, -0.2) is 17.6 Å². The van der Waals surface area contributed by atoms with Crippen LogP contribution in [0.25, 0.3) is 0 Å². The molecule has 2 aromatic rings. The quantitative estimate of drug-likeness (QED) is 0.512. The number of aromatic nitrogens is 1. The number of rotatable bonds is 7. The molecule has 0 spiro atoms. The van der Waals surface area contributed by atoms with Crippen LogP contribution in [0.1, 0.15) is 46.4 Å². The standard InChI is InChI=1S/C16H19NO3S.Na/c1-3-4-7-20-14-6-5-11(2)8-12(14)9-15-17-13(10-21-15)16(18)19;/h5-6,8,10H,3-4,7,9H2,1-2H3,(H,18,19);/q;+1/p-1. The maximum absolute atomic E-state index is 10.8. The zero-order valence-corrected chi connectivity index (χ0v) is 16.0. The van der Waals surface area contributed by atoms with E-state index in [1.54, 1.807) is 0 Å². The van der Waals surface area contributed by atoms with Crippen molar-refractivity contribution in [2.75, 3.05) is 6.61 Å². The van der Waals surface area contributed by atoms with Crippen LogP contribution in [0, 0.1) is 6.92 Å². The summed E-state index contributed by atoms with van der Waals surface area (Å²) in [4.78, 5) is 14.8. The molecule has 0 saturated carbocycles. The van der Waals surface area contributed by atoms with Gasteiger partial charge in [0.05, 0.1) is 23.3 Å². The predicted octanol–water partition coefficient (Wildman–Crippen LogP) is -0.411. The fourth-order valence-corrected chi connectivity index (χ4v) is 2.75. The number of aromatic carboxylic acids is 1. The molecule has 1 heterocycles. The molecule has 1 aromatic carbocycles. The van der Waals surface area contributed by atoms with Gasteiger partial charge in [-0.3, -0.25) is 0 Å². The molecule has 22 heavy (non-hydrogen) atoms. The number of ether oxygens (including phenoxy) is 1. The first kappa shape index (κ1) is 19.2. The van der Waals surface area contributed by atoms with E-state index >= 15 is 0 Å². The summed E-state index contributed by atoms with van der Waals surface area (Å²) in [5.41, 5.74) is 2.17. The zero-order valence-electron chi connectivity index (χ0n) is 13.2. The third-order valence-corrected chi connectivity index (χ3v) is 3.92. The minimum absolute atomic E-state index is 0. The van der Waals surface area contributed by atoms with Crippen LogP contribution in [0.2, 0.25) is 0 Å². The predicted molar refractivity (Wildman–Crippen MR) is 80.8 cm³/mol. The van der Waals surface area contributed by atoms with Crippen LogP contribution < -0.4 is 39.4 Å². The number of carbonyl (C=O) groups is 1. The molecule has 2 rings (SSSR count). The van der Waals surface area contributed by atoms with Crippen molar-refractivity contribution in [3.8, 4) is 5.75 Å². The largest absolute Gasteiger partial charge is 1.00 e. The van der Waals surface area contributed by atoms with E-state index in [9.17, 15) is 9.90 Å². The number of nitrogens with zero attached hydrogens (tertiary/aromatic N) is 1. The minimum Gasteiger partial charge on any atom is -0.543 e. The van der Waals surface area contributed by atoms with Gasteiger partial charge in [-0.2, -0.15) is 0 Å². The van der Waals surface area contributed by atoms with Crippen LogP contribution >= 0.6 is 11.3 Å². The summed E-state index contributed by atoms with van der Waals surface area (Å²) in [5.74, 6) is -0.389. The van der Waals surface area contributed by atoms with Crippen molar-refractivity contribution in [2.24, 2.45) is 0 Å². The Hall–Kier alpha value is -0.880. The SMILES string of the molecule is CCCCOc1ccc(C)cc1Cc1nc(C(=O)[O-])cs1.[Na+]. The van der Waals surface area contributed by atoms with Gasteiger partial charge in [0.2, 0.25) is 0 Å². The van der Waals surface area contributed by atoms with Crippen LogP contribution in [-0.2, 0) is 6.42 Å².